The molecule has 0 bridgehead atoms. The maximum absolute atomic E-state index is 13.9. The van der Waals surface area contributed by atoms with E-state index in [9.17, 15) is 23.6 Å². The molecular weight excluding hydrogens is 339 g/mol. The van der Waals surface area contributed by atoms with E-state index in [1.807, 2.05) is 5.32 Å². The van der Waals surface area contributed by atoms with Crippen molar-refractivity contribution < 1.29 is 23.6 Å². The highest BCUT2D eigenvalue weighted by atomic mass is 35.5. The zero-order chi connectivity index (χ0) is 17.4. The summed E-state index contributed by atoms with van der Waals surface area (Å²) in [5.74, 6) is -3.78. The molecule has 0 saturated carbocycles. The first-order chi connectivity index (χ1) is 11.4. The minimum Gasteiger partial charge on any atom is -0.288 e. The minimum atomic E-state index is -1.13. The molecule has 8 heteroatoms. The van der Waals surface area contributed by atoms with Gasteiger partial charge in [0.05, 0.1) is 11.3 Å². The molecular formula is C16H8ClFN2O4. The SMILES string of the molecule is O=C1NC(=O)N(c2ccc(Cl)cc2C(=O)c2ccccc2F)C1=O. The molecule has 0 aliphatic carbocycles. The fraction of sp³-hybridized carbons (Fsp3) is 0. The number of nitrogens with one attached hydrogen (secondary N) is 1. The molecule has 2 aromatic carbocycles. The van der Waals surface area contributed by atoms with Crippen LogP contribution in [-0.2, 0) is 9.59 Å². The van der Waals surface area contributed by atoms with Crippen molar-refractivity contribution in [3.05, 3.63) is 64.4 Å². The topological polar surface area (TPSA) is 83.6 Å². The molecule has 2 aromatic rings. The molecule has 6 nitrogen and oxygen atoms in total. The first-order valence-corrected chi connectivity index (χ1v) is 7.06. The van der Waals surface area contributed by atoms with E-state index >= 15 is 0 Å². The van der Waals surface area contributed by atoms with Crippen LogP contribution < -0.4 is 10.2 Å². The Morgan fingerprint density at radius 2 is 1.75 bits per heavy atom. The normalized spacial score (nSPS) is 14.1. The number of benzene rings is 2. The number of amides is 4. The van der Waals surface area contributed by atoms with Gasteiger partial charge in [0.25, 0.3) is 0 Å². The number of anilines is 1. The number of rotatable bonds is 3. The molecule has 1 aliphatic heterocycles. The van der Waals surface area contributed by atoms with E-state index < -0.39 is 29.4 Å². The predicted octanol–water partition coefficient (Wildman–Crippen LogP) is 2.29. The lowest BCUT2D eigenvalue weighted by Crippen LogP contribution is -2.32. The highest BCUT2D eigenvalue weighted by Crippen LogP contribution is 2.29. The van der Waals surface area contributed by atoms with Gasteiger partial charge in [-0.15, -0.1) is 0 Å². The molecule has 0 radical (unpaired) electrons. The summed E-state index contributed by atoms with van der Waals surface area (Å²) in [6, 6.07) is 8.06. The third-order valence-electron chi connectivity index (χ3n) is 3.38. The summed E-state index contributed by atoms with van der Waals surface area (Å²) < 4.78 is 13.9. The average Bonchev–Trinajstić information content (AvgIpc) is 2.80. The lowest BCUT2D eigenvalue weighted by Gasteiger charge is -2.16. The van der Waals surface area contributed by atoms with Crippen molar-refractivity contribution in [1.82, 2.24) is 5.32 Å². The van der Waals surface area contributed by atoms with Gasteiger partial charge >= 0.3 is 17.8 Å². The Morgan fingerprint density at radius 3 is 2.38 bits per heavy atom. The van der Waals surface area contributed by atoms with E-state index in [4.69, 9.17) is 11.6 Å². The van der Waals surface area contributed by atoms with Crippen molar-refractivity contribution in [1.29, 1.82) is 0 Å². The highest BCUT2D eigenvalue weighted by molar-refractivity contribution is 6.53. The van der Waals surface area contributed by atoms with Gasteiger partial charge in [0, 0.05) is 10.6 Å². The smallest absolute Gasteiger partial charge is 0.288 e. The highest BCUT2D eigenvalue weighted by Gasteiger charge is 2.40. The summed E-state index contributed by atoms with van der Waals surface area (Å²) in [6.45, 7) is 0. The molecule has 1 fully saturated rings. The summed E-state index contributed by atoms with van der Waals surface area (Å²) >= 11 is 5.88. The van der Waals surface area contributed by atoms with Crippen molar-refractivity contribution in [2.24, 2.45) is 0 Å². The van der Waals surface area contributed by atoms with Gasteiger partial charge in [-0.05, 0) is 30.3 Å². The Bertz CT molecular complexity index is 913. The van der Waals surface area contributed by atoms with E-state index in [0.717, 1.165) is 6.07 Å². The van der Waals surface area contributed by atoms with Crippen molar-refractivity contribution in [2.45, 2.75) is 0 Å². The monoisotopic (exact) mass is 346 g/mol. The summed E-state index contributed by atoms with van der Waals surface area (Å²) in [6.07, 6.45) is 0. The summed E-state index contributed by atoms with van der Waals surface area (Å²) in [5.41, 5.74) is -0.578. The second kappa shape index (κ2) is 5.86. The van der Waals surface area contributed by atoms with Gasteiger partial charge < -0.3 is 0 Å². The predicted molar refractivity (Wildman–Crippen MR) is 82.3 cm³/mol. The maximum atomic E-state index is 13.9. The Hall–Kier alpha value is -3.06. The van der Waals surface area contributed by atoms with Crippen LogP contribution in [-0.4, -0.2) is 23.6 Å². The Morgan fingerprint density at radius 1 is 1.04 bits per heavy atom. The van der Waals surface area contributed by atoms with E-state index in [-0.39, 0.29) is 21.8 Å². The van der Waals surface area contributed by atoms with Crippen LogP contribution in [0.2, 0.25) is 5.02 Å². The molecule has 0 aromatic heterocycles. The van der Waals surface area contributed by atoms with E-state index in [0.29, 0.717) is 4.90 Å². The molecule has 1 heterocycles. The van der Waals surface area contributed by atoms with Crippen LogP contribution in [0, 0.1) is 5.82 Å². The Labute approximate surface area is 139 Å². The lowest BCUT2D eigenvalue weighted by atomic mass is 10.0. The largest absolute Gasteiger partial charge is 0.336 e. The van der Waals surface area contributed by atoms with Crippen LogP contribution in [0.15, 0.2) is 42.5 Å². The van der Waals surface area contributed by atoms with Gasteiger partial charge in [-0.1, -0.05) is 23.7 Å². The molecule has 1 saturated heterocycles. The number of imide groups is 2. The van der Waals surface area contributed by atoms with E-state index in [2.05, 4.69) is 0 Å². The number of ketones is 1. The summed E-state index contributed by atoms with van der Waals surface area (Å²) in [5, 5.41) is 1.98. The number of urea groups is 1. The third kappa shape index (κ3) is 2.55. The number of halogens is 2. The second-order valence-corrected chi connectivity index (χ2v) is 5.31. The standard InChI is InChI=1S/C16H8ClFN2O4/c17-8-5-6-12(20-15(23)14(22)19-16(20)24)10(7-8)13(21)9-3-1-2-4-11(9)18/h1-7H,(H,19,22,24). The van der Waals surface area contributed by atoms with Gasteiger partial charge in [0.2, 0.25) is 0 Å². The third-order valence-corrected chi connectivity index (χ3v) is 3.62. The fourth-order valence-electron chi connectivity index (χ4n) is 2.29. The summed E-state index contributed by atoms with van der Waals surface area (Å²) in [4.78, 5) is 48.2. The van der Waals surface area contributed by atoms with Crippen molar-refractivity contribution in [3.63, 3.8) is 0 Å². The number of hydrogen-bond acceptors (Lipinski definition) is 4. The first kappa shape index (κ1) is 15.8. The van der Waals surface area contributed by atoms with Gasteiger partial charge in [-0.2, -0.15) is 0 Å². The Balaban J connectivity index is 2.15. The lowest BCUT2D eigenvalue weighted by molar-refractivity contribution is -0.134. The van der Waals surface area contributed by atoms with Gasteiger partial charge in [-0.3, -0.25) is 19.7 Å². The number of nitrogens with zero attached hydrogens (tertiary/aromatic N) is 1. The quantitative estimate of drug-likeness (QED) is 0.525. The maximum Gasteiger partial charge on any atom is 0.336 e. The van der Waals surface area contributed by atoms with Gasteiger partial charge in [-0.25, -0.2) is 14.1 Å². The average molecular weight is 347 g/mol. The van der Waals surface area contributed by atoms with Crippen LogP contribution in [0.3, 0.4) is 0 Å². The van der Waals surface area contributed by atoms with Crippen LogP contribution in [0.5, 0.6) is 0 Å². The minimum absolute atomic E-state index is 0.150. The molecule has 0 spiro atoms. The number of hydrogen-bond donors (Lipinski definition) is 1. The number of carbonyl (C=O) groups is 4. The molecule has 24 heavy (non-hydrogen) atoms. The van der Waals surface area contributed by atoms with Crippen LogP contribution in [0.25, 0.3) is 0 Å². The molecule has 1 aliphatic rings. The molecule has 1 N–H and O–H groups in total. The van der Waals surface area contributed by atoms with Crippen molar-refractivity contribution in [2.75, 3.05) is 4.90 Å². The molecule has 120 valence electrons. The van der Waals surface area contributed by atoms with E-state index in [1.165, 1.54) is 36.4 Å². The molecule has 4 amide bonds. The first-order valence-electron chi connectivity index (χ1n) is 6.68. The fourth-order valence-corrected chi connectivity index (χ4v) is 2.47. The Kier molecular flexibility index (Phi) is 3.86. The summed E-state index contributed by atoms with van der Waals surface area (Å²) in [7, 11) is 0. The molecule has 0 unspecified atom stereocenters. The van der Waals surface area contributed by atoms with Crippen molar-refractivity contribution >= 4 is 40.9 Å². The molecule has 0 atom stereocenters. The van der Waals surface area contributed by atoms with E-state index in [1.54, 1.807) is 0 Å². The zero-order valence-corrected chi connectivity index (χ0v) is 12.6. The van der Waals surface area contributed by atoms with Crippen LogP contribution in [0.1, 0.15) is 15.9 Å². The van der Waals surface area contributed by atoms with Gasteiger partial charge in [0.1, 0.15) is 5.82 Å². The van der Waals surface area contributed by atoms with Gasteiger partial charge in [0.15, 0.2) is 5.78 Å². The van der Waals surface area contributed by atoms with Crippen molar-refractivity contribution in [3.8, 4) is 0 Å². The number of carbonyl (C=O) groups excluding carboxylic acids is 4. The zero-order valence-electron chi connectivity index (χ0n) is 11.9. The van der Waals surface area contributed by atoms with Crippen LogP contribution in [0.4, 0.5) is 14.9 Å². The molecule has 3 rings (SSSR count). The van der Waals surface area contributed by atoms with Crippen LogP contribution >= 0.6 is 11.6 Å². The second-order valence-electron chi connectivity index (χ2n) is 4.87.